The van der Waals surface area contributed by atoms with Crippen LogP contribution in [0.4, 0.5) is 4.79 Å². The molecule has 21 heavy (non-hydrogen) atoms. The molecule has 3 rings (SSSR count). The summed E-state index contributed by atoms with van der Waals surface area (Å²) in [6, 6.07) is 9.22. The van der Waals surface area contributed by atoms with Crippen molar-refractivity contribution in [3.05, 3.63) is 48.2 Å². The molecule has 1 fully saturated rings. The van der Waals surface area contributed by atoms with Crippen molar-refractivity contribution < 1.29 is 9.59 Å². The van der Waals surface area contributed by atoms with Crippen LogP contribution in [0.15, 0.2) is 42.6 Å². The Hall–Kier alpha value is -2.30. The lowest BCUT2D eigenvalue weighted by molar-refractivity contribution is -0.150. The first-order valence-corrected chi connectivity index (χ1v) is 7.30. The van der Waals surface area contributed by atoms with Crippen LogP contribution < -0.4 is 0 Å². The predicted octanol–water partition coefficient (Wildman–Crippen LogP) is 2.36. The standard InChI is InChI=1S/C16H19N3O2/c1-13-15(20)18-10-6-3-7-11-19(18)16(21)17(13)12-14-8-4-2-5-9-14/h2,4-6,8-10,13H,3,7,11-12H2,1H3/t13-/m0/s1. The van der Waals surface area contributed by atoms with Crippen molar-refractivity contribution in [3.8, 4) is 0 Å². The normalized spacial score (nSPS) is 22.3. The molecule has 5 heteroatoms. The van der Waals surface area contributed by atoms with E-state index in [2.05, 4.69) is 0 Å². The van der Waals surface area contributed by atoms with Crippen molar-refractivity contribution in [2.75, 3.05) is 6.54 Å². The number of urea groups is 1. The van der Waals surface area contributed by atoms with Gasteiger partial charge in [-0.05, 0) is 25.3 Å². The van der Waals surface area contributed by atoms with Gasteiger partial charge >= 0.3 is 6.03 Å². The second kappa shape index (κ2) is 5.60. The number of nitrogens with zero attached hydrogens (tertiary/aromatic N) is 3. The van der Waals surface area contributed by atoms with E-state index in [-0.39, 0.29) is 11.9 Å². The summed E-state index contributed by atoms with van der Waals surface area (Å²) in [5.74, 6) is -0.0521. The molecule has 1 aromatic carbocycles. The molecule has 0 radical (unpaired) electrons. The maximum atomic E-state index is 12.7. The number of hydrazine groups is 1. The summed E-state index contributed by atoms with van der Waals surface area (Å²) in [5.41, 5.74) is 1.03. The highest BCUT2D eigenvalue weighted by atomic mass is 16.2. The molecule has 0 spiro atoms. The van der Waals surface area contributed by atoms with E-state index in [1.165, 1.54) is 5.01 Å². The average Bonchev–Trinajstić information content (AvgIpc) is 2.76. The molecule has 0 N–H and O–H groups in total. The summed E-state index contributed by atoms with van der Waals surface area (Å²) in [6.07, 6.45) is 5.44. The van der Waals surface area contributed by atoms with Crippen LogP contribution in [-0.2, 0) is 11.3 Å². The van der Waals surface area contributed by atoms with Gasteiger partial charge in [0.15, 0.2) is 0 Å². The van der Waals surface area contributed by atoms with Crippen LogP contribution in [0.2, 0.25) is 0 Å². The molecule has 0 saturated carbocycles. The fourth-order valence-corrected chi connectivity index (χ4v) is 2.73. The molecule has 5 nitrogen and oxygen atoms in total. The molecule has 2 aliphatic heterocycles. The molecule has 110 valence electrons. The van der Waals surface area contributed by atoms with Crippen molar-refractivity contribution in [1.29, 1.82) is 0 Å². The van der Waals surface area contributed by atoms with Gasteiger partial charge in [0, 0.05) is 19.3 Å². The van der Waals surface area contributed by atoms with Crippen molar-refractivity contribution >= 4 is 11.9 Å². The number of rotatable bonds is 2. The molecular weight excluding hydrogens is 266 g/mol. The Bertz CT molecular complexity index is 570. The maximum absolute atomic E-state index is 12.7. The van der Waals surface area contributed by atoms with Gasteiger partial charge in [0.25, 0.3) is 5.91 Å². The predicted molar refractivity (Wildman–Crippen MR) is 78.8 cm³/mol. The molecule has 1 atom stereocenters. The van der Waals surface area contributed by atoms with Crippen LogP contribution in [-0.4, -0.2) is 39.4 Å². The number of hydrogen-bond acceptors (Lipinski definition) is 2. The Morgan fingerprint density at radius 2 is 1.95 bits per heavy atom. The Morgan fingerprint density at radius 3 is 2.71 bits per heavy atom. The molecular formula is C16H19N3O2. The number of benzene rings is 1. The quantitative estimate of drug-likeness (QED) is 0.837. The Balaban J connectivity index is 1.86. The minimum atomic E-state index is -0.447. The van der Waals surface area contributed by atoms with E-state index in [0.29, 0.717) is 13.1 Å². The third kappa shape index (κ3) is 2.51. The van der Waals surface area contributed by atoms with Crippen LogP contribution in [0.3, 0.4) is 0 Å². The zero-order chi connectivity index (χ0) is 14.8. The first-order chi connectivity index (χ1) is 10.2. The number of carbonyl (C=O) groups excluding carboxylic acids is 2. The third-order valence-corrected chi connectivity index (χ3v) is 3.96. The Labute approximate surface area is 124 Å². The van der Waals surface area contributed by atoms with Gasteiger partial charge in [0.05, 0.1) is 0 Å². The molecule has 0 unspecified atom stereocenters. The molecule has 3 amide bonds. The van der Waals surface area contributed by atoms with Gasteiger partial charge in [-0.15, -0.1) is 0 Å². The lowest BCUT2D eigenvalue weighted by Crippen LogP contribution is -2.64. The largest absolute Gasteiger partial charge is 0.340 e. The highest BCUT2D eigenvalue weighted by molar-refractivity contribution is 5.92. The zero-order valence-electron chi connectivity index (χ0n) is 12.1. The molecule has 0 bridgehead atoms. The fraction of sp³-hybridized carbons (Fsp3) is 0.375. The zero-order valence-corrected chi connectivity index (χ0v) is 12.1. The van der Waals surface area contributed by atoms with E-state index in [0.717, 1.165) is 18.4 Å². The SMILES string of the molecule is C[C@H]1C(=O)N2C=CCCCN2C(=O)N1Cc1ccccc1. The Morgan fingerprint density at radius 1 is 1.19 bits per heavy atom. The van der Waals surface area contributed by atoms with Crippen molar-refractivity contribution in [1.82, 2.24) is 14.9 Å². The summed E-state index contributed by atoms with van der Waals surface area (Å²) in [7, 11) is 0. The second-order valence-electron chi connectivity index (χ2n) is 5.40. The van der Waals surface area contributed by atoms with E-state index in [1.54, 1.807) is 23.0 Å². The minimum Gasteiger partial charge on any atom is -0.307 e. The molecule has 0 aliphatic carbocycles. The van der Waals surface area contributed by atoms with Crippen molar-refractivity contribution in [3.63, 3.8) is 0 Å². The van der Waals surface area contributed by atoms with Gasteiger partial charge < -0.3 is 4.90 Å². The number of fused-ring (bicyclic) bond motifs is 1. The smallest absolute Gasteiger partial charge is 0.307 e. The lowest BCUT2D eigenvalue weighted by Gasteiger charge is -2.44. The van der Waals surface area contributed by atoms with Crippen LogP contribution in [0.25, 0.3) is 0 Å². The van der Waals surface area contributed by atoms with Gasteiger partial charge in [-0.2, -0.15) is 0 Å². The maximum Gasteiger partial charge on any atom is 0.340 e. The van der Waals surface area contributed by atoms with Gasteiger partial charge in [-0.25, -0.2) is 14.8 Å². The van der Waals surface area contributed by atoms with Crippen LogP contribution in [0, 0.1) is 0 Å². The highest BCUT2D eigenvalue weighted by Gasteiger charge is 2.41. The first-order valence-electron chi connectivity index (χ1n) is 7.30. The second-order valence-corrected chi connectivity index (χ2v) is 5.40. The fourth-order valence-electron chi connectivity index (χ4n) is 2.73. The van der Waals surface area contributed by atoms with Crippen molar-refractivity contribution in [2.45, 2.75) is 32.4 Å². The highest BCUT2D eigenvalue weighted by Crippen LogP contribution is 2.23. The van der Waals surface area contributed by atoms with Crippen molar-refractivity contribution in [2.24, 2.45) is 0 Å². The monoisotopic (exact) mass is 285 g/mol. The molecule has 1 saturated heterocycles. The minimum absolute atomic E-state index is 0.0521. The van der Waals surface area contributed by atoms with Crippen LogP contribution in [0.1, 0.15) is 25.3 Å². The summed E-state index contributed by atoms with van der Waals surface area (Å²) in [5, 5.41) is 3.02. The number of hydrogen-bond donors (Lipinski definition) is 0. The lowest BCUT2D eigenvalue weighted by atomic mass is 10.1. The topological polar surface area (TPSA) is 43.9 Å². The van der Waals surface area contributed by atoms with Crippen LogP contribution >= 0.6 is 0 Å². The number of allylic oxidation sites excluding steroid dienone is 1. The summed E-state index contributed by atoms with van der Waals surface area (Å²) >= 11 is 0. The number of amides is 3. The van der Waals surface area contributed by atoms with Gasteiger partial charge in [-0.3, -0.25) is 4.79 Å². The first kappa shape index (κ1) is 13.7. The Kier molecular flexibility index (Phi) is 3.64. The molecule has 2 aliphatic rings. The number of carbonyl (C=O) groups is 2. The summed E-state index contributed by atoms with van der Waals surface area (Å²) < 4.78 is 0. The van der Waals surface area contributed by atoms with Gasteiger partial charge in [-0.1, -0.05) is 36.4 Å². The van der Waals surface area contributed by atoms with E-state index in [1.807, 2.05) is 36.4 Å². The van der Waals surface area contributed by atoms with Gasteiger partial charge in [0.2, 0.25) is 0 Å². The molecule has 2 heterocycles. The van der Waals surface area contributed by atoms with E-state index >= 15 is 0 Å². The summed E-state index contributed by atoms with van der Waals surface area (Å²) in [6.45, 7) is 2.83. The average molecular weight is 285 g/mol. The van der Waals surface area contributed by atoms with E-state index in [4.69, 9.17) is 0 Å². The third-order valence-electron chi connectivity index (χ3n) is 3.96. The van der Waals surface area contributed by atoms with E-state index in [9.17, 15) is 9.59 Å². The molecule has 0 aromatic heterocycles. The van der Waals surface area contributed by atoms with Gasteiger partial charge in [0.1, 0.15) is 6.04 Å². The molecule has 1 aromatic rings. The van der Waals surface area contributed by atoms with E-state index < -0.39 is 6.04 Å². The summed E-state index contributed by atoms with van der Waals surface area (Å²) in [4.78, 5) is 26.8. The van der Waals surface area contributed by atoms with Crippen LogP contribution in [0.5, 0.6) is 0 Å².